The lowest BCUT2D eigenvalue weighted by Crippen LogP contribution is -2.44. The number of rotatable bonds is 9. The van der Waals surface area contributed by atoms with Gasteiger partial charge in [-0.1, -0.05) is 48.5 Å². The molecule has 0 saturated heterocycles. The van der Waals surface area contributed by atoms with Crippen molar-refractivity contribution in [2.75, 3.05) is 17.2 Å². The third-order valence-electron chi connectivity index (χ3n) is 6.76. The smallest absolute Gasteiger partial charge is 0.416 e. The fraction of sp³-hybridized carbons (Fsp3) is 0.375. The number of carboxylic acids is 1. The fourth-order valence-corrected chi connectivity index (χ4v) is 5.78. The molecule has 42 heavy (non-hydrogen) atoms. The molecule has 4 rings (SSSR count). The Morgan fingerprint density at radius 1 is 1.00 bits per heavy atom. The molecule has 10 heteroatoms. The van der Waals surface area contributed by atoms with E-state index in [1.807, 2.05) is 47.4 Å². The van der Waals surface area contributed by atoms with Crippen LogP contribution in [0.25, 0.3) is 11.1 Å². The van der Waals surface area contributed by atoms with E-state index in [0.717, 1.165) is 46.7 Å². The van der Waals surface area contributed by atoms with Gasteiger partial charge in [0.2, 0.25) is 0 Å². The minimum atomic E-state index is -4.38. The molecule has 0 saturated carbocycles. The van der Waals surface area contributed by atoms with Crippen LogP contribution in [0.3, 0.4) is 0 Å². The standard InChI is InChI=1S/C32H35F3N2O4S/c1-31(2,3)41-30(40)36-27(29(38)39)20-42-19-21-9-11-23(12-10-21)25-7-4-6-22(16-25)18-37-15-5-8-24-13-14-26(17-28(24)37)32(33,34)35/h4,6-7,9-14,16-17,27H,5,8,15,18-20H2,1-3H3,(H,36,40)(H,38,39)/t27-/m0/s1. The van der Waals surface area contributed by atoms with Crippen LogP contribution in [0.4, 0.5) is 23.7 Å². The maximum Gasteiger partial charge on any atom is 0.416 e. The minimum Gasteiger partial charge on any atom is -0.480 e. The number of ether oxygens (including phenoxy) is 1. The molecule has 1 aliphatic heterocycles. The lowest BCUT2D eigenvalue weighted by Gasteiger charge is -2.32. The van der Waals surface area contributed by atoms with Gasteiger partial charge in [-0.05, 0) is 79.6 Å². The average molecular weight is 601 g/mol. The summed E-state index contributed by atoms with van der Waals surface area (Å²) in [4.78, 5) is 25.6. The van der Waals surface area contributed by atoms with Crippen LogP contribution in [0.15, 0.2) is 66.7 Å². The lowest BCUT2D eigenvalue weighted by molar-refractivity contribution is -0.139. The molecule has 0 bridgehead atoms. The van der Waals surface area contributed by atoms with Gasteiger partial charge >= 0.3 is 18.2 Å². The Labute approximate surface area is 248 Å². The predicted octanol–water partition coefficient (Wildman–Crippen LogP) is 7.54. The first-order valence-corrected chi connectivity index (χ1v) is 14.9. The Balaban J connectivity index is 1.37. The molecular weight excluding hydrogens is 565 g/mol. The number of carbonyl (C=O) groups excluding carboxylic acids is 1. The number of thioether (sulfide) groups is 1. The van der Waals surface area contributed by atoms with Crippen molar-refractivity contribution in [1.29, 1.82) is 0 Å². The van der Waals surface area contributed by atoms with E-state index < -0.39 is 35.4 Å². The SMILES string of the molecule is CC(C)(C)OC(=O)N[C@@H](CSCc1ccc(-c2cccc(CN3CCCc4ccc(C(F)(F)F)cc43)c2)cc1)C(=O)O. The average Bonchev–Trinajstić information content (AvgIpc) is 2.91. The first-order chi connectivity index (χ1) is 19.8. The number of halogens is 3. The van der Waals surface area contributed by atoms with Crippen LogP contribution in [-0.4, -0.2) is 41.1 Å². The molecule has 0 aromatic heterocycles. The van der Waals surface area contributed by atoms with Crippen molar-refractivity contribution >= 4 is 29.5 Å². The van der Waals surface area contributed by atoms with Gasteiger partial charge in [-0.25, -0.2) is 9.59 Å². The van der Waals surface area contributed by atoms with Gasteiger partial charge in [0, 0.05) is 30.3 Å². The topological polar surface area (TPSA) is 78.9 Å². The zero-order valence-corrected chi connectivity index (χ0v) is 24.6. The molecule has 6 nitrogen and oxygen atoms in total. The van der Waals surface area contributed by atoms with Gasteiger partial charge in [-0.2, -0.15) is 24.9 Å². The number of fused-ring (bicyclic) bond motifs is 1. The molecule has 1 atom stereocenters. The molecule has 0 spiro atoms. The molecule has 0 fully saturated rings. The molecule has 0 radical (unpaired) electrons. The highest BCUT2D eigenvalue weighted by atomic mass is 32.2. The number of alkyl carbamates (subject to hydrolysis) is 1. The minimum absolute atomic E-state index is 0.183. The number of carboxylic acid groups (broad SMARTS) is 1. The summed E-state index contributed by atoms with van der Waals surface area (Å²) in [6.45, 7) is 6.34. The van der Waals surface area contributed by atoms with E-state index in [1.54, 1.807) is 26.8 Å². The third-order valence-corrected chi connectivity index (χ3v) is 7.86. The number of nitrogens with one attached hydrogen (secondary N) is 1. The Bertz CT molecular complexity index is 1400. The second kappa shape index (κ2) is 13.1. The van der Waals surface area contributed by atoms with Crippen molar-refractivity contribution in [3.05, 3.63) is 89.0 Å². The van der Waals surface area contributed by atoms with Gasteiger partial charge in [0.05, 0.1) is 5.56 Å². The number of benzene rings is 3. The quantitative estimate of drug-likeness (QED) is 0.264. The molecule has 0 unspecified atom stereocenters. The van der Waals surface area contributed by atoms with Crippen molar-refractivity contribution in [1.82, 2.24) is 5.32 Å². The summed E-state index contributed by atoms with van der Waals surface area (Å²) in [5.41, 5.74) is 4.25. The molecule has 0 aliphatic carbocycles. The van der Waals surface area contributed by atoms with Crippen LogP contribution < -0.4 is 10.2 Å². The number of hydrogen-bond donors (Lipinski definition) is 2. The zero-order valence-electron chi connectivity index (χ0n) is 23.8. The van der Waals surface area contributed by atoms with Crippen LogP contribution in [-0.2, 0) is 34.4 Å². The number of alkyl halides is 3. The van der Waals surface area contributed by atoms with Gasteiger partial charge in [-0.3, -0.25) is 0 Å². The maximum atomic E-state index is 13.3. The first kappa shape index (κ1) is 31.3. The Hall–Kier alpha value is -3.66. The number of amides is 1. The van der Waals surface area contributed by atoms with Gasteiger partial charge in [0.1, 0.15) is 11.6 Å². The first-order valence-electron chi connectivity index (χ1n) is 13.7. The highest BCUT2D eigenvalue weighted by molar-refractivity contribution is 7.98. The van der Waals surface area contributed by atoms with Crippen molar-refractivity contribution in [3.63, 3.8) is 0 Å². The van der Waals surface area contributed by atoms with Crippen molar-refractivity contribution in [3.8, 4) is 11.1 Å². The number of aliphatic carboxylic acids is 1. The maximum absolute atomic E-state index is 13.3. The van der Waals surface area contributed by atoms with Gasteiger partial charge in [0.15, 0.2) is 0 Å². The highest BCUT2D eigenvalue weighted by Crippen LogP contribution is 2.36. The Morgan fingerprint density at radius 3 is 2.40 bits per heavy atom. The molecule has 1 amide bonds. The van der Waals surface area contributed by atoms with E-state index in [-0.39, 0.29) is 5.75 Å². The molecule has 2 N–H and O–H groups in total. The van der Waals surface area contributed by atoms with Crippen LogP contribution in [0.5, 0.6) is 0 Å². The summed E-state index contributed by atoms with van der Waals surface area (Å²) in [5.74, 6) is -0.381. The second-order valence-electron chi connectivity index (χ2n) is 11.3. The van der Waals surface area contributed by atoms with E-state index in [1.165, 1.54) is 17.8 Å². The Morgan fingerprint density at radius 2 is 1.74 bits per heavy atom. The predicted molar refractivity (Wildman–Crippen MR) is 160 cm³/mol. The molecule has 1 aliphatic rings. The number of aryl methyl sites for hydroxylation is 1. The monoisotopic (exact) mass is 600 g/mol. The molecule has 224 valence electrons. The summed E-state index contributed by atoms with van der Waals surface area (Å²) in [7, 11) is 0. The highest BCUT2D eigenvalue weighted by Gasteiger charge is 2.32. The van der Waals surface area contributed by atoms with Gasteiger partial charge in [0.25, 0.3) is 0 Å². The molecule has 3 aromatic rings. The number of anilines is 1. The summed E-state index contributed by atoms with van der Waals surface area (Å²) >= 11 is 1.40. The third kappa shape index (κ3) is 8.67. The largest absolute Gasteiger partial charge is 0.480 e. The van der Waals surface area contributed by atoms with Crippen molar-refractivity contribution in [2.24, 2.45) is 0 Å². The summed E-state index contributed by atoms with van der Waals surface area (Å²) in [6, 6.07) is 18.9. The van der Waals surface area contributed by atoms with Crippen molar-refractivity contribution in [2.45, 2.75) is 63.7 Å². The van der Waals surface area contributed by atoms with E-state index >= 15 is 0 Å². The second-order valence-corrected chi connectivity index (χ2v) is 12.3. The van der Waals surface area contributed by atoms with E-state index in [0.29, 0.717) is 24.5 Å². The Kier molecular flexibility index (Phi) is 9.76. The van der Waals surface area contributed by atoms with E-state index in [2.05, 4.69) is 11.4 Å². The normalized spacial score (nSPS) is 14.2. The fourth-order valence-electron chi connectivity index (χ4n) is 4.77. The van der Waals surface area contributed by atoms with Crippen LogP contribution >= 0.6 is 11.8 Å². The molecule has 3 aromatic carbocycles. The lowest BCUT2D eigenvalue weighted by atomic mass is 9.98. The van der Waals surface area contributed by atoms with Crippen LogP contribution in [0.2, 0.25) is 0 Å². The summed E-state index contributed by atoms with van der Waals surface area (Å²) < 4.78 is 45.2. The number of hydrogen-bond acceptors (Lipinski definition) is 5. The van der Waals surface area contributed by atoms with E-state index in [4.69, 9.17) is 4.74 Å². The number of nitrogens with zero attached hydrogens (tertiary/aromatic N) is 1. The molecule has 1 heterocycles. The van der Waals surface area contributed by atoms with Crippen molar-refractivity contribution < 1.29 is 32.6 Å². The summed E-state index contributed by atoms with van der Waals surface area (Å²) in [6.07, 6.45) is -3.48. The van der Waals surface area contributed by atoms with Gasteiger partial charge in [-0.15, -0.1) is 0 Å². The zero-order chi connectivity index (χ0) is 30.5. The number of carbonyl (C=O) groups is 2. The van der Waals surface area contributed by atoms with Crippen LogP contribution in [0, 0.1) is 0 Å². The van der Waals surface area contributed by atoms with Gasteiger partial charge < -0.3 is 20.1 Å². The molecular formula is C32H35F3N2O4S. The summed E-state index contributed by atoms with van der Waals surface area (Å²) in [5, 5.41) is 11.9. The van der Waals surface area contributed by atoms with Crippen LogP contribution in [0.1, 0.15) is 49.4 Å². The van der Waals surface area contributed by atoms with E-state index in [9.17, 15) is 27.9 Å².